The van der Waals surface area contributed by atoms with Crippen molar-refractivity contribution in [2.45, 2.75) is 13.3 Å². The van der Waals surface area contributed by atoms with E-state index in [1.54, 1.807) is 6.92 Å². The first kappa shape index (κ1) is 8.21. The van der Waals surface area contributed by atoms with E-state index in [-0.39, 0.29) is 0 Å². The second kappa shape index (κ2) is 3.49. The molecule has 0 aliphatic carbocycles. The molecule has 0 saturated carbocycles. The van der Waals surface area contributed by atoms with Gasteiger partial charge in [-0.2, -0.15) is 0 Å². The summed E-state index contributed by atoms with van der Waals surface area (Å²) in [5.41, 5.74) is 0. The number of phosphoric ester groups is 1. The highest BCUT2D eigenvalue weighted by molar-refractivity contribution is 7.48. The molecule has 1 fully saturated rings. The smallest absolute Gasteiger partial charge is 0.287 e. The molecule has 1 aliphatic heterocycles. The molecule has 0 bridgehead atoms. The molecule has 0 aromatic rings. The maximum absolute atomic E-state index is 11.2. The second-order valence-corrected chi connectivity index (χ2v) is 3.55. The highest BCUT2D eigenvalue weighted by Gasteiger charge is 2.28. The Morgan fingerprint density at radius 2 is 2.10 bits per heavy atom. The van der Waals surface area contributed by atoms with Gasteiger partial charge in [-0.1, -0.05) is 0 Å². The third kappa shape index (κ3) is 2.06. The molecule has 0 unspecified atom stereocenters. The van der Waals surface area contributed by atoms with Gasteiger partial charge < -0.3 is 0 Å². The zero-order chi connectivity index (χ0) is 7.45. The molecule has 10 heavy (non-hydrogen) atoms. The molecule has 0 spiro atoms. The van der Waals surface area contributed by atoms with Gasteiger partial charge in [-0.05, 0) is 13.3 Å². The molecular formula is C5H11O4P. The Morgan fingerprint density at radius 3 is 2.60 bits per heavy atom. The Bertz CT molecular complexity index is 128. The zero-order valence-electron chi connectivity index (χ0n) is 5.91. The summed E-state index contributed by atoms with van der Waals surface area (Å²) in [4.78, 5) is 0. The summed E-state index contributed by atoms with van der Waals surface area (Å²) in [6.45, 7) is 3.05. The number of phosphoric acid groups is 1. The standard InChI is InChI=1S/C5H11O4P/c1-2-7-10(6)8-4-3-5-9-10/h2-5H2,1H3. The van der Waals surface area contributed by atoms with Crippen LogP contribution in [0.3, 0.4) is 0 Å². The van der Waals surface area contributed by atoms with Gasteiger partial charge >= 0.3 is 7.82 Å². The number of hydrogen-bond donors (Lipinski definition) is 0. The van der Waals surface area contributed by atoms with Crippen LogP contribution in [0.1, 0.15) is 13.3 Å². The maximum Gasteiger partial charge on any atom is 0.474 e. The van der Waals surface area contributed by atoms with Gasteiger partial charge in [0.2, 0.25) is 0 Å². The molecule has 0 amide bonds. The molecule has 1 aliphatic rings. The summed E-state index contributed by atoms with van der Waals surface area (Å²) in [6.07, 6.45) is 0.789. The fourth-order valence-electron chi connectivity index (χ4n) is 0.682. The van der Waals surface area contributed by atoms with Crippen LogP contribution in [0.4, 0.5) is 0 Å². The number of rotatable bonds is 2. The SMILES string of the molecule is CCOP1(=O)OCCCO1. The van der Waals surface area contributed by atoms with Gasteiger partial charge in [0.05, 0.1) is 19.8 Å². The Morgan fingerprint density at radius 1 is 1.50 bits per heavy atom. The fourth-order valence-corrected chi connectivity index (χ4v) is 1.93. The van der Waals surface area contributed by atoms with Gasteiger partial charge in [-0.15, -0.1) is 0 Å². The lowest BCUT2D eigenvalue weighted by molar-refractivity contribution is 0.0778. The summed E-state index contributed by atoms with van der Waals surface area (Å²) in [5.74, 6) is 0. The minimum Gasteiger partial charge on any atom is -0.287 e. The summed E-state index contributed by atoms with van der Waals surface area (Å²) in [7, 11) is -3.11. The van der Waals surface area contributed by atoms with E-state index < -0.39 is 7.82 Å². The first-order valence-electron chi connectivity index (χ1n) is 3.30. The minimum absolute atomic E-state index is 0.358. The molecule has 5 heteroatoms. The van der Waals surface area contributed by atoms with Crippen molar-refractivity contribution in [2.75, 3.05) is 19.8 Å². The van der Waals surface area contributed by atoms with Crippen LogP contribution in [-0.2, 0) is 18.1 Å². The maximum atomic E-state index is 11.2. The molecule has 0 aromatic carbocycles. The lowest BCUT2D eigenvalue weighted by Crippen LogP contribution is -2.09. The largest absolute Gasteiger partial charge is 0.474 e. The summed E-state index contributed by atoms with van der Waals surface area (Å²) >= 11 is 0. The van der Waals surface area contributed by atoms with Crippen molar-refractivity contribution >= 4 is 7.82 Å². The van der Waals surface area contributed by atoms with E-state index in [1.807, 2.05) is 0 Å². The monoisotopic (exact) mass is 166 g/mol. The van der Waals surface area contributed by atoms with E-state index in [0.717, 1.165) is 6.42 Å². The second-order valence-electron chi connectivity index (χ2n) is 1.88. The lowest BCUT2D eigenvalue weighted by atomic mass is 10.5. The van der Waals surface area contributed by atoms with Crippen LogP contribution in [-0.4, -0.2) is 19.8 Å². The van der Waals surface area contributed by atoms with Crippen molar-refractivity contribution in [3.63, 3.8) is 0 Å². The van der Waals surface area contributed by atoms with Gasteiger partial charge in [0, 0.05) is 0 Å². The summed E-state index contributed by atoms with van der Waals surface area (Å²) in [5, 5.41) is 0. The Kier molecular flexibility index (Phi) is 2.86. The molecule has 0 N–H and O–H groups in total. The lowest BCUT2D eigenvalue weighted by Gasteiger charge is -2.20. The van der Waals surface area contributed by atoms with Gasteiger partial charge in [0.15, 0.2) is 0 Å². The van der Waals surface area contributed by atoms with E-state index in [4.69, 9.17) is 13.6 Å². The topological polar surface area (TPSA) is 44.8 Å². The molecule has 1 heterocycles. The third-order valence-corrected chi connectivity index (χ3v) is 2.65. The highest BCUT2D eigenvalue weighted by Crippen LogP contribution is 2.51. The van der Waals surface area contributed by atoms with Crippen molar-refractivity contribution in [1.29, 1.82) is 0 Å². The van der Waals surface area contributed by atoms with Gasteiger partial charge in [-0.25, -0.2) is 4.57 Å². The average molecular weight is 166 g/mol. The number of hydrogen-bond acceptors (Lipinski definition) is 4. The van der Waals surface area contributed by atoms with Crippen LogP contribution in [0, 0.1) is 0 Å². The Hall–Kier alpha value is 0.110. The van der Waals surface area contributed by atoms with Crippen LogP contribution in [0.5, 0.6) is 0 Å². The van der Waals surface area contributed by atoms with Crippen LogP contribution in [0.25, 0.3) is 0 Å². The normalized spacial score (nSPS) is 24.5. The van der Waals surface area contributed by atoms with E-state index in [1.165, 1.54) is 0 Å². The van der Waals surface area contributed by atoms with Crippen LogP contribution in [0.2, 0.25) is 0 Å². The molecule has 0 atom stereocenters. The molecule has 1 rings (SSSR count). The van der Waals surface area contributed by atoms with Gasteiger partial charge in [0.25, 0.3) is 0 Å². The van der Waals surface area contributed by atoms with E-state index >= 15 is 0 Å². The highest BCUT2D eigenvalue weighted by atomic mass is 31.2. The van der Waals surface area contributed by atoms with E-state index in [2.05, 4.69) is 0 Å². The average Bonchev–Trinajstić information content (AvgIpc) is 1.89. The molecule has 4 nitrogen and oxygen atoms in total. The molecule has 1 saturated heterocycles. The summed E-state index contributed by atoms with van der Waals surface area (Å²) in [6, 6.07) is 0. The first-order chi connectivity index (χ1) is 4.77. The Labute approximate surface area is 60.1 Å². The zero-order valence-corrected chi connectivity index (χ0v) is 6.80. The predicted molar refractivity (Wildman–Crippen MR) is 35.8 cm³/mol. The van der Waals surface area contributed by atoms with Crippen LogP contribution < -0.4 is 0 Å². The predicted octanol–water partition coefficient (Wildman–Crippen LogP) is 1.57. The van der Waals surface area contributed by atoms with Crippen molar-refractivity contribution in [2.24, 2.45) is 0 Å². The molecular weight excluding hydrogens is 155 g/mol. The summed E-state index contributed by atoms with van der Waals surface area (Å²) < 4.78 is 25.6. The van der Waals surface area contributed by atoms with Crippen LogP contribution >= 0.6 is 7.82 Å². The molecule has 0 radical (unpaired) electrons. The molecule has 0 aromatic heterocycles. The third-order valence-electron chi connectivity index (χ3n) is 1.07. The molecule has 60 valence electrons. The van der Waals surface area contributed by atoms with E-state index in [0.29, 0.717) is 19.8 Å². The quantitative estimate of drug-likeness (QED) is 0.584. The van der Waals surface area contributed by atoms with Crippen molar-refractivity contribution in [3.05, 3.63) is 0 Å². The van der Waals surface area contributed by atoms with Gasteiger partial charge in [0.1, 0.15) is 0 Å². The van der Waals surface area contributed by atoms with E-state index in [9.17, 15) is 4.57 Å². The van der Waals surface area contributed by atoms with Gasteiger partial charge in [-0.3, -0.25) is 13.6 Å². The Balaban J connectivity index is 2.41. The van der Waals surface area contributed by atoms with Crippen molar-refractivity contribution < 1.29 is 18.1 Å². The van der Waals surface area contributed by atoms with Crippen molar-refractivity contribution in [3.8, 4) is 0 Å². The van der Waals surface area contributed by atoms with Crippen LogP contribution in [0.15, 0.2) is 0 Å². The first-order valence-corrected chi connectivity index (χ1v) is 4.76. The fraction of sp³-hybridized carbons (Fsp3) is 1.00. The van der Waals surface area contributed by atoms with Crippen molar-refractivity contribution in [1.82, 2.24) is 0 Å². The minimum atomic E-state index is -3.11.